The molecule has 0 aliphatic heterocycles. The van der Waals surface area contributed by atoms with Crippen LogP contribution in [0.3, 0.4) is 0 Å². The minimum atomic E-state index is -1.32. The molecule has 0 aromatic rings. The van der Waals surface area contributed by atoms with E-state index in [0.717, 1.165) is 44.9 Å². The van der Waals surface area contributed by atoms with Crippen molar-refractivity contribution in [3.8, 4) is 0 Å². The average Bonchev–Trinajstić information content (AvgIpc) is 2.49. The average molecular weight is 312 g/mol. The van der Waals surface area contributed by atoms with Crippen LogP contribution in [0.2, 0.25) is 0 Å². The molecule has 1 atom stereocenters. The van der Waals surface area contributed by atoms with Gasteiger partial charge in [-0.25, -0.2) is 4.79 Å². The summed E-state index contributed by atoms with van der Waals surface area (Å²) in [5.74, 6) is -2.01. The highest BCUT2D eigenvalue weighted by atomic mass is 16.4. The van der Waals surface area contributed by atoms with E-state index in [2.05, 4.69) is 19.1 Å². The molecular formula is C18H32O4. The van der Waals surface area contributed by atoms with Gasteiger partial charge in [-0.15, -0.1) is 0 Å². The number of aliphatic hydroxyl groups excluding tert-OH is 1. The summed E-state index contributed by atoms with van der Waals surface area (Å²) in [6.07, 6.45) is 15.1. The van der Waals surface area contributed by atoms with E-state index in [1.807, 2.05) is 0 Å². The second kappa shape index (κ2) is 14.8. The number of hydrogen-bond donors (Lipinski definition) is 2. The Hall–Kier alpha value is -1.16. The quantitative estimate of drug-likeness (QED) is 0.269. The van der Waals surface area contributed by atoms with Crippen molar-refractivity contribution in [3.05, 3.63) is 12.2 Å². The number of allylic oxidation sites excluding steroid dienone is 1. The number of carboxylic acids is 1. The van der Waals surface area contributed by atoms with Gasteiger partial charge in [0.25, 0.3) is 0 Å². The number of aliphatic carboxylic acids is 1. The van der Waals surface area contributed by atoms with Crippen molar-refractivity contribution >= 4 is 11.8 Å². The summed E-state index contributed by atoms with van der Waals surface area (Å²) in [6.45, 7) is 2.18. The standard InChI is InChI=1S/C18H32O4/c1-2-3-4-10-13-16(19)14-11-8-6-5-7-9-12-15-17(20)18(21)22/h8,11,16,19H,2-7,9-10,12-15H2,1H3,(H,21,22). The van der Waals surface area contributed by atoms with Crippen molar-refractivity contribution in [3.63, 3.8) is 0 Å². The molecule has 0 aromatic heterocycles. The lowest BCUT2D eigenvalue weighted by Crippen LogP contribution is -2.11. The zero-order valence-electron chi connectivity index (χ0n) is 13.9. The highest BCUT2D eigenvalue weighted by Gasteiger charge is 2.09. The molecule has 4 nitrogen and oxygen atoms in total. The van der Waals surface area contributed by atoms with Crippen molar-refractivity contribution in [1.29, 1.82) is 0 Å². The van der Waals surface area contributed by atoms with Gasteiger partial charge in [0.2, 0.25) is 5.78 Å². The summed E-state index contributed by atoms with van der Waals surface area (Å²) in [5, 5.41) is 18.2. The second-order valence-corrected chi connectivity index (χ2v) is 5.89. The fourth-order valence-electron chi connectivity index (χ4n) is 2.30. The van der Waals surface area contributed by atoms with Crippen molar-refractivity contribution < 1.29 is 19.8 Å². The van der Waals surface area contributed by atoms with Crippen LogP contribution >= 0.6 is 0 Å². The lowest BCUT2D eigenvalue weighted by molar-refractivity contribution is -0.149. The molecule has 0 saturated carbocycles. The van der Waals surface area contributed by atoms with Gasteiger partial charge in [0.1, 0.15) is 0 Å². The lowest BCUT2D eigenvalue weighted by Gasteiger charge is -2.07. The van der Waals surface area contributed by atoms with E-state index in [-0.39, 0.29) is 12.5 Å². The molecule has 0 radical (unpaired) electrons. The molecule has 0 aliphatic carbocycles. The maximum atomic E-state index is 10.9. The van der Waals surface area contributed by atoms with E-state index in [1.54, 1.807) is 0 Å². The third-order valence-electron chi connectivity index (χ3n) is 3.73. The van der Waals surface area contributed by atoms with Gasteiger partial charge < -0.3 is 10.2 Å². The molecule has 128 valence electrons. The minimum absolute atomic E-state index is 0.148. The summed E-state index contributed by atoms with van der Waals surface area (Å²) in [5.41, 5.74) is 0. The van der Waals surface area contributed by atoms with Crippen LogP contribution in [-0.4, -0.2) is 28.1 Å². The van der Waals surface area contributed by atoms with Crippen LogP contribution in [0.4, 0.5) is 0 Å². The number of ketones is 1. The molecule has 0 spiro atoms. The molecular weight excluding hydrogens is 280 g/mol. The van der Waals surface area contributed by atoms with Crippen molar-refractivity contribution in [1.82, 2.24) is 0 Å². The number of carboxylic acid groups (broad SMARTS) is 1. The zero-order valence-corrected chi connectivity index (χ0v) is 13.9. The molecule has 0 aromatic carbocycles. The van der Waals surface area contributed by atoms with Crippen LogP contribution in [0.1, 0.15) is 84.0 Å². The van der Waals surface area contributed by atoms with Gasteiger partial charge in [0, 0.05) is 6.42 Å². The minimum Gasteiger partial charge on any atom is -0.476 e. The Kier molecular flexibility index (Phi) is 14.0. The first-order chi connectivity index (χ1) is 10.6. The predicted octanol–water partition coefficient (Wildman–Crippen LogP) is 4.26. The fraction of sp³-hybridized carbons (Fsp3) is 0.778. The number of hydrogen-bond acceptors (Lipinski definition) is 3. The maximum absolute atomic E-state index is 10.9. The smallest absolute Gasteiger partial charge is 0.372 e. The van der Waals surface area contributed by atoms with Crippen LogP contribution in [0.15, 0.2) is 12.2 Å². The van der Waals surface area contributed by atoms with Crippen LogP contribution in [0.5, 0.6) is 0 Å². The van der Waals surface area contributed by atoms with Gasteiger partial charge in [-0.1, -0.05) is 57.6 Å². The lowest BCUT2D eigenvalue weighted by atomic mass is 10.1. The normalized spacial score (nSPS) is 12.6. The topological polar surface area (TPSA) is 74.6 Å². The Morgan fingerprint density at radius 3 is 2.32 bits per heavy atom. The number of Topliss-reactive ketones (excluding diaryl/α,β-unsaturated/α-hetero) is 1. The van der Waals surface area contributed by atoms with Gasteiger partial charge >= 0.3 is 5.97 Å². The maximum Gasteiger partial charge on any atom is 0.372 e. The monoisotopic (exact) mass is 312 g/mol. The molecule has 0 fully saturated rings. The van der Waals surface area contributed by atoms with E-state index in [0.29, 0.717) is 6.42 Å². The van der Waals surface area contributed by atoms with E-state index in [9.17, 15) is 14.7 Å². The van der Waals surface area contributed by atoms with Gasteiger partial charge in [-0.05, 0) is 32.1 Å². The Morgan fingerprint density at radius 2 is 1.64 bits per heavy atom. The zero-order chi connectivity index (χ0) is 16.6. The van der Waals surface area contributed by atoms with Crippen LogP contribution in [-0.2, 0) is 9.59 Å². The Morgan fingerprint density at radius 1 is 0.955 bits per heavy atom. The summed E-state index contributed by atoms with van der Waals surface area (Å²) in [7, 11) is 0. The van der Waals surface area contributed by atoms with Gasteiger partial charge in [-0.2, -0.15) is 0 Å². The third kappa shape index (κ3) is 13.8. The molecule has 22 heavy (non-hydrogen) atoms. The largest absolute Gasteiger partial charge is 0.476 e. The molecule has 0 heterocycles. The van der Waals surface area contributed by atoms with Gasteiger partial charge in [0.05, 0.1) is 6.10 Å². The Labute approximate surface area is 134 Å². The summed E-state index contributed by atoms with van der Waals surface area (Å²) in [6, 6.07) is 0. The van der Waals surface area contributed by atoms with E-state index >= 15 is 0 Å². The second-order valence-electron chi connectivity index (χ2n) is 5.89. The molecule has 1 unspecified atom stereocenters. The number of carbonyl (C=O) groups excluding carboxylic acids is 1. The molecule has 0 saturated heterocycles. The predicted molar refractivity (Wildman–Crippen MR) is 88.9 cm³/mol. The summed E-state index contributed by atoms with van der Waals surface area (Å²) in [4.78, 5) is 21.2. The van der Waals surface area contributed by atoms with Crippen molar-refractivity contribution in [2.75, 3.05) is 0 Å². The number of unbranched alkanes of at least 4 members (excludes halogenated alkanes) is 7. The van der Waals surface area contributed by atoms with Gasteiger partial charge in [0.15, 0.2) is 0 Å². The Balaban J connectivity index is 3.36. The molecule has 0 amide bonds. The highest BCUT2D eigenvalue weighted by Crippen LogP contribution is 2.10. The number of aliphatic hydroxyl groups is 1. The van der Waals surface area contributed by atoms with E-state index in [4.69, 9.17) is 5.11 Å². The third-order valence-corrected chi connectivity index (χ3v) is 3.73. The summed E-state index contributed by atoms with van der Waals surface area (Å²) >= 11 is 0. The Bertz CT molecular complexity index is 323. The first kappa shape index (κ1) is 20.8. The molecule has 0 rings (SSSR count). The van der Waals surface area contributed by atoms with Crippen LogP contribution in [0, 0.1) is 0 Å². The van der Waals surface area contributed by atoms with Crippen molar-refractivity contribution in [2.45, 2.75) is 90.1 Å². The van der Waals surface area contributed by atoms with Crippen LogP contribution < -0.4 is 0 Å². The van der Waals surface area contributed by atoms with Gasteiger partial charge in [-0.3, -0.25) is 4.79 Å². The molecule has 0 bridgehead atoms. The van der Waals surface area contributed by atoms with E-state index < -0.39 is 11.8 Å². The first-order valence-electron chi connectivity index (χ1n) is 8.67. The van der Waals surface area contributed by atoms with Crippen molar-refractivity contribution in [2.24, 2.45) is 0 Å². The fourth-order valence-corrected chi connectivity index (χ4v) is 2.30. The highest BCUT2D eigenvalue weighted by molar-refractivity contribution is 6.32. The van der Waals surface area contributed by atoms with Crippen LogP contribution in [0.25, 0.3) is 0 Å². The first-order valence-corrected chi connectivity index (χ1v) is 8.67. The van der Waals surface area contributed by atoms with E-state index in [1.165, 1.54) is 19.3 Å². The number of rotatable bonds is 15. The SMILES string of the molecule is CCCCCCC(O)CC=CCCCCCCC(=O)C(=O)O. The molecule has 0 aliphatic rings. The molecule has 2 N–H and O–H groups in total. The molecule has 4 heteroatoms. The summed E-state index contributed by atoms with van der Waals surface area (Å²) < 4.78 is 0. The number of carbonyl (C=O) groups is 2.